The molecular weight excluding hydrogens is 741 g/mol. The molecule has 0 aliphatic carbocycles. The van der Waals surface area contributed by atoms with Gasteiger partial charge in [0.1, 0.15) is 0 Å². The van der Waals surface area contributed by atoms with Crippen molar-refractivity contribution in [1.29, 1.82) is 0 Å². The van der Waals surface area contributed by atoms with Crippen LogP contribution in [0.25, 0.3) is 90.1 Å². The van der Waals surface area contributed by atoms with Crippen molar-refractivity contribution < 1.29 is 0 Å². The molecule has 2 nitrogen and oxygen atoms in total. The fourth-order valence-corrected chi connectivity index (χ4v) is 11.3. The zero-order valence-corrected chi connectivity index (χ0v) is 33.0. The third-order valence-corrected chi connectivity index (χ3v) is 13.9. The standard InChI is InChI=1S/C54H34N2S2/c1-5-20-47-43(14-1)44-15-2-6-21-48(44)56(47)40-13-9-12-39(34-40)55(37-30-26-35(27-31-37)41-18-10-24-51-53(41)45-16-3-7-22-49(45)57-51)38-32-28-36(29-33-38)42-19-11-25-52-54(42)46-17-4-8-23-50(46)58-52/h1-34H. The minimum Gasteiger partial charge on any atom is -0.310 e. The highest BCUT2D eigenvalue weighted by molar-refractivity contribution is 7.26. The van der Waals surface area contributed by atoms with E-state index in [4.69, 9.17) is 0 Å². The third-order valence-electron chi connectivity index (χ3n) is 11.6. The summed E-state index contributed by atoms with van der Waals surface area (Å²) in [6, 6.07) is 75.6. The summed E-state index contributed by atoms with van der Waals surface area (Å²) in [4.78, 5) is 2.39. The molecular formula is C54H34N2S2. The molecule has 3 heterocycles. The summed E-state index contributed by atoms with van der Waals surface area (Å²) in [5, 5.41) is 7.81. The molecule has 0 amide bonds. The Kier molecular flexibility index (Phi) is 7.62. The van der Waals surface area contributed by atoms with Crippen molar-refractivity contribution in [3.63, 3.8) is 0 Å². The Morgan fingerprint density at radius 2 is 0.759 bits per heavy atom. The first-order valence-corrected chi connectivity index (χ1v) is 21.3. The van der Waals surface area contributed by atoms with Gasteiger partial charge < -0.3 is 9.47 Å². The second-order valence-electron chi connectivity index (χ2n) is 14.9. The maximum Gasteiger partial charge on any atom is 0.0541 e. The van der Waals surface area contributed by atoms with Crippen LogP contribution in [0.1, 0.15) is 0 Å². The van der Waals surface area contributed by atoms with Crippen molar-refractivity contribution in [2.24, 2.45) is 0 Å². The predicted molar refractivity (Wildman–Crippen MR) is 252 cm³/mol. The number of nitrogens with zero attached hydrogens (tertiary/aromatic N) is 2. The van der Waals surface area contributed by atoms with Crippen molar-refractivity contribution in [3.8, 4) is 27.9 Å². The number of thiophene rings is 2. The maximum atomic E-state index is 2.40. The van der Waals surface area contributed by atoms with Crippen molar-refractivity contribution in [2.45, 2.75) is 0 Å². The number of aromatic nitrogens is 1. The molecule has 0 radical (unpaired) electrons. The SMILES string of the molecule is c1cc(N(c2ccc(-c3cccc4sc5ccccc5c34)cc2)c2ccc(-c3cccc4sc5ccccc5c34)cc2)cc(-n2c3ccccc3c3ccccc32)c1. The quantitative estimate of drug-likeness (QED) is 0.163. The maximum absolute atomic E-state index is 2.40. The first kappa shape index (κ1) is 33.2. The third kappa shape index (κ3) is 5.23. The molecule has 0 atom stereocenters. The first-order chi connectivity index (χ1) is 28.8. The van der Waals surface area contributed by atoms with E-state index < -0.39 is 0 Å². The number of anilines is 3. The van der Waals surface area contributed by atoms with Gasteiger partial charge in [-0.3, -0.25) is 0 Å². The van der Waals surface area contributed by atoms with Gasteiger partial charge in [-0.25, -0.2) is 0 Å². The van der Waals surface area contributed by atoms with E-state index in [2.05, 4.69) is 216 Å². The van der Waals surface area contributed by atoms with E-state index in [1.165, 1.54) is 84.4 Å². The number of para-hydroxylation sites is 2. The molecule has 0 saturated carbocycles. The van der Waals surface area contributed by atoms with Gasteiger partial charge in [0, 0.05) is 73.9 Å². The normalized spacial score (nSPS) is 11.8. The van der Waals surface area contributed by atoms with Gasteiger partial charge in [0.25, 0.3) is 0 Å². The van der Waals surface area contributed by atoms with Crippen LogP contribution in [-0.4, -0.2) is 4.57 Å². The summed E-state index contributed by atoms with van der Waals surface area (Å²) in [5.41, 5.74) is 11.8. The van der Waals surface area contributed by atoms with Gasteiger partial charge in [-0.05, 0) is 101 Å². The number of rotatable bonds is 6. The minimum atomic E-state index is 1.09. The highest BCUT2D eigenvalue weighted by Gasteiger charge is 2.18. The van der Waals surface area contributed by atoms with E-state index in [0.717, 1.165) is 22.7 Å². The second kappa shape index (κ2) is 13.3. The average molecular weight is 775 g/mol. The number of hydrogen-bond acceptors (Lipinski definition) is 3. The lowest BCUT2D eigenvalue weighted by atomic mass is 9.98. The van der Waals surface area contributed by atoms with Crippen molar-refractivity contribution in [2.75, 3.05) is 4.90 Å². The summed E-state index contributed by atoms with van der Waals surface area (Å²) in [5.74, 6) is 0. The fraction of sp³-hybridized carbons (Fsp3) is 0. The van der Waals surface area contributed by atoms with Gasteiger partial charge in [-0.15, -0.1) is 22.7 Å². The Morgan fingerprint density at radius 1 is 0.328 bits per heavy atom. The molecule has 0 spiro atoms. The summed E-state index contributed by atoms with van der Waals surface area (Å²) in [6.45, 7) is 0. The van der Waals surface area contributed by atoms with Crippen molar-refractivity contribution >= 4 is 102 Å². The van der Waals surface area contributed by atoms with Gasteiger partial charge in [-0.1, -0.05) is 127 Å². The molecule has 0 aliphatic rings. The lowest BCUT2D eigenvalue weighted by Crippen LogP contribution is -2.10. The molecule has 12 aromatic rings. The highest BCUT2D eigenvalue weighted by atomic mass is 32.1. The summed E-state index contributed by atoms with van der Waals surface area (Å²) < 4.78 is 7.68. The van der Waals surface area contributed by atoms with Crippen molar-refractivity contribution in [3.05, 3.63) is 206 Å². The molecule has 0 aliphatic heterocycles. The smallest absolute Gasteiger partial charge is 0.0541 e. The molecule has 0 N–H and O–H groups in total. The van der Waals surface area contributed by atoms with Crippen LogP contribution >= 0.6 is 22.7 Å². The Bertz CT molecular complexity index is 3300. The molecule has 0 saturated heterocycles. The molecule has 9 aromatic carbocycles. The monoisotopic (exact) mass is 774 g/mol. The van der Waals surface area contributed by atoms with Crippen LogP contribution < -0.4 is 4.90 Å². The fourth-order valence-electron chi connectivity index (χ4n) is 9.03. The Labute approximate surface area is 343 Å². The van der Waals surface area contributed by atoms with Gasteiger partial charge in [0.2, 0.25) is 0 Å². The number of fused-ring (bicyclic) bond motifs is 9. The topological polar surface area (TPSA) is 8.17 Å². The molecule has 12 rings (SSSR count). The summed E-state index contributed by atoms with van der Waals surface area (Å²) in [7, 11) is 0. The van der Waals surface area contributed by atoms with Crippen molar-refractivity contribution in [1.82, 2.24) is 4.57 Å². The van der Waals surface area contributed by atoms with Crippen LogP contribution in [0.2, 0.25) is 0 Å². The van der Waals surface area contributed by atoms with Gasteiger partial charge >= 0.3 is 0 Å². The van der Waals surface area contributed by atoms with E-state index >= 15 is 0 Å². The van der Waals surface area contributed by atoms with Crippen LogP contribution in [0.15, 0.2) is 206 Å². The largest absolute Gasteiger partial charge is 0.310 e. The Morgan fingerprint density at radius 3 is 1.28 bits per heavy atom. The molecule has 3 aromatic heterocycles. The Hall–Kier alpha value is -6.98. The van der Waals surface area contributed by atoms with E-state index in [1.807, 2.05) is 22.7 Å². The highest BCUT2D eigenvalue weighted by Crippen LogP contribution is 2.44. The van der Waals surface area contributed by atoms with Crippen LogP contribution in [0.5, 0.6) is 0 Å². The van der Waals surface area contributed by atoms with Gasteiger partial charge in [0.15, 0.2) is 0 Å². The van der Waals surface area contributed by atoms with Gasteiger partial charge in [-0.2, -0.15) is 0 Å². The van der Waals surface area contributed by atoms with Gasteiger partial charge in [0.05, 0.1) is 11.0 Å². The lowest BCUT2D eigenvalue weighted by Gasteiger charge is -2.27. The van der Waals surface area contributed by atoms with Crippen LogP contribution in [0.3, 0.4) is 0 Å². The van der Waals surface area contributed by atoms with E-state index in [-0.39, 0.29) is 0 Å². The zero-order valence-electron chi connectivity index (χ0n) is 31.3. The second-order valence-corrected chi connectivity index (χ2v) is 17.0. The first-order valence-electron chi connectivity index (χ1n) is 19.7. The molecule has 272 valence electrons. The van der Waals surface area contributed by atoms with E-state index in [1.54, 1.807) is 0 Å². The van der Waals surface area contributed by atoms with E-state index in [9.17, 15) is 0 Å². The molecule has 0 unspecified atom stereocenters. The number of hydrogen-bond donors (Lipinski definition) is 0. The summed E-state index contributed by atoms with van der Waals surface area (Å²) in [6.07, 6.45) is 0. The Balaban J connectivity index is 1.01. The molecule has 4 heteroatoms. The minimum absolute atomic E-state index is 1.09. The number of benzene rings is 9. The molecule has 0 fully saturated rings. The van der Waals surface area contributed by atoms with E-state index in [0.29, 0.717) is 0 Å². The molecule has 58 heavy (non-hydrogen) atoms. The van der Waals surface area contributed by atoms with Crippen LogP contribution in [0, 0.1) is 0 Å². The van der Waals surface area contributed by atoms with Crippen LogP contribution in [0.4, 0.5) is 17.1 Å². The zero-order chi connectivity index (χ0) is 38.2. The predicted octanol–water partition coefficient (Wildman–Crippen LogP) is 16.3. The summed E-state index contributed by atoms with van der Waals surface area (Å²) >= 11 is 3.73. The molecule has 0 bridgehead atoms. The van der Waals surface area contributed by atoms with Crippen LogP contribution in [-0.2, 0) is 0 Å². The average Bonchev–Trinajstić information content (AvgIpc) is 3.97. The lowest BCUT2D eigenvalue weighted by molar-refractivity contribution is 1.17.